The molecule has 0 bridgehead atoms. The van der Waals surface area contributed by atoms with Crippen molar-refractivity contribution in [1.82, 2.24) is 0 Å². The Balaban J connectivity index is 2.35. The zero-order valence-electron chi connectivity index (χ0n) is 6.71. The van der Waals surface area contributed by atoms with Gasteiger partial charge in [-0.3, -0.25) is 0 Å². The van der Waals surface area contributed by atoms with Crippen molar-refractivity contribution in [2.24, 2.45) is 5.92 Å². The van der Waals surface area contributed by atoms with Crippen LogP contribution in [0.3, 0.4) is 0 Å². The van der Waals surface area contributed by atoms with Crippen LogP contribution in [0.15, 0.2) is 0 Å². The molecule has 0 spiro atoms. The predicted molar refractivity (Wildman–Crippen MR) is 39.8 cm³/mol. The summed E-state index contributed by atoms with van der Waals surface area (Å²) < 4.78 is 5.51. The van der Waals surface area contributed by atoms with Crippen LogP contribution in [0.2, 0.25) is 0 Å². The normalized spacial score (nSPS) is 41.7. The van der Waals surface area contributed by atoms with Gasteiger partial charge in [-0.05, 0) is 32.6 Å². The average molecular weight is 144 g/mol. The van der Waals surface area contributed by atoms with E-state index in [9.17, 15) is 0 Å². The second-order valence-corrected chi connectivity index (χ2v) is 3.28. The molecule has 0 aromatic heterocycles. The van der Waals surface area contributed by atoms with Gasteiger partial charge in [-0.2, -0.15) is 0 Å². The Morgan fingerprint density at radius 3 is 2.20 bits per heavy atom. The largest absolute Gasteiger partial charge is 0.396 e. The first-order valence-corrected chi connectivity index (χ1v) is 3.98. The zero-order chi connectivity index (χ0) is 7.56. The summed E-state index contributed by atoms with van der Waals surface area (Å²) in [6, 6.07) is 0. The van der Waals surface area contributed by atoms with Crippen molar-refractivity contribution in [3.63, 3.8) is 0 Å². The molecule has 0 aromatic rings. The highest BCUT2D eigenvalue weighted by molar-refractivity contribution is 4.72. The molecule has 2 heteroatoms. The minimum atomic E-state index is 0.318. The van der Waals surface area contributed by atoms with Gasteiger partial charge in [0, 0.05) is 6.61 Å². The van der Waals surface area contributed by atoms with E-state index in [4.69, 9.17) is 9.84 Å². The van der Waals surface area contributed by atoms with E-state index in [2.05, 4.69) is 13.8 Å². The Kier molecular flexibility index (Phi) is 2.69. The third-order valence-corrected chi connectivity index (χ3v) is 2.05. The standard InChI is InChI=1S/C8H16O2/c1-6-3-8(5-9)4-7(2)10-6/h6-9H,3-5H2,1-2H3/t6-,7+,8+. The summed E-state index contributed by atoms with van der Waals surface area (Å²) in [6.07, 6.45) is 2.70. The van der Waals surface area contributed by atoms with Gasteiger partial charge in [0.25, 0.3) is 0 Å². The maximum atomic E-state index is 8.87. The molecule has 0 unspecified atom stereocenters. The molecular formula is C8H16O2. The van der Waals surface area contributed by atoms with Gasteiger partial charge in [-0.25, -0.2) is 0 Å². The van der Waals surface area contributed by atoms with Crippen LogP contribution in [-0.4, -0.2) is 23.9 Å². The van der Waals surface area contributed by atoms with Crippen molar-refractivity contribution in [2.45, 2.75) is 38.9 Å². The molecule has 0 saturated carbocycles. The fourth-order valence-corrected chi connectivity index (χ4v) is 1.69. The molecule has 2 nitrogen and oxygen atoms in total. The minimum absolute atomic E-state index is 0.318. The van der Waals surface area contributed by atoms with Gasteiger partial charge in [-0.15, -0.1) is 0 Å². The fraction of sp³-hybridized carbons (Fsp3) is 1.00. The number of hydrogen-bond donors (Lipinski definition) is 1. The molecular weight excluding hydrogens is 128 g/mol. The van der Waals surface area contributed by atoms with Crippen molar-refractivity contribution < 1.29 is 9.84 Å². The van der Waals surface area contributed by atoms with Crippen LogP contribution in [0.1, 0.15) is 26.7 Å². The van der Waals surface area contributed by atoms with E-state index in [0.29, 0.717) is 24.7 Å². The third kappa shape index (κ3) is 1.96. The number of rotatable bonds is 1. The Bertz CT molecular complexity index is 93.4. The third-order valence-electron chi connectivity index (χ3n) is 2.05. The molecule has 1 N–H and O–H groups in total. The van der Waals surface area contributed by atoms with E-state index in [1.807, 2.05) is 0 Å². The fourth-order valence-electron chi connectivity index (χ4n) is 1.69. The molecule has 1 saturated heterocycles. The van der Waals surface area contributed by atoms with Crippen molar-refractivity contribution >= 4 is 0 Å². The lowest BCUT2D eigenvalue weighted by Crippen LogP contribution is -2.30. The smallest absolute Gasteiger partial charge is 0.0554 e. The summed E-state index contributed by atoms with van der Waals surface area (Å²) in [5.41, 5.74) is 0. The van der Waals surface area contributed by atoms with Crippen molar-refractivity contribution in [2.75, 3.05) is 6.61 Å². The van der Waals surface area contributed by atoms with Gasteiger partial charge >= 0.3 is 0 Å². The lowest BCUT2D eigenvalue weighted by Gasteiger charge is -2.30. The lowest BCUT2D eigenvalue weighted by molar-refractivity contribution is -0.0612. The Hall–Kier alpha value is -0.0800. The maximum Gasteiger partial charge on any atom is 0.0554 e. The van der Waals surface area contributed by atoms with E-state index < -0.39 is 0 Å². The zero-order valence-corrected chi connectivity index (χ0v) is 6.71. The summed E-state index contributed by atoms with van der Waals surface area (Å²) >= 11 is 0. The van der Waals surface area contributed by atoms with Crippen LogP contribution in [0.25, 0.3) is 0 Å². The van der Waals surface area contributed by atoms with Crippen LogP contribution >= 0.6 is 0 Å². The van der Waals surface area contributed by atoms with Crippen molar-refractivity contribution in [3.8, 4) is 0 Å². The highest BCUT2D eigenvalue weighted by Crippen LogP contribution is 2.23. The molecule has 0 radical (unpaired) electrons. The molecule has 10 heavy (non-hydrogen) atoms. The van der Waals surface area contributed by atoms with Crippen LogP contribution in [0.5, 0.6) is 0 Å². The highest BCUT2D eigenvalue weighted by Gasteiger charge is 2.23. The first kappa shape index (κ1) is 8.02. The van der Waals surface area contributed by atoms with Gasteiger partial charge in [0.2, 0.25) is 0 Å². The van der Waals surface area contributed by atoms with Crippen molar-refractivity contribution in [3.05, 3.63) is 0 Å². The first-order valence-electron chi connectivity index (χ1n) is 3.98. The summed E-state index contributed by atoms with van der Waals surface area (Å²) in [5.74, 6) is 0.471. The highest BCUT2D eigenvalue weighted by atomic mass is 16.5. The molecule has 0 aromatic carbocycles. The molecule has 1 aliphatic rings. The Labute approximate surface area is 62.2 Å². The average Bonchev–Trinajstić information content (AvgIpc) is 1.85. The second-order valence-electron chi connectivity index (χ2n) is 3.28. The molecule has 1 heterocycles. The molecule has 0 amide bonds. The van der Waals surface area contributed by atoms with E-state index in [-0.39, 0.29) is 0 Å². The van der Waals surface area contributed by atoms with E-state index in [1.165, 1.54) is 0 Å². The van der Waals surface area contributed by atoms with Crippen LogP contribution in [-0.2, 0) is 4.74 Å². The number of hydrogen-bond acceptors (Lipinski definition) is 2. The molecule has 1 aliphatic heterocycles. The quantitative estimate of drug-likeness (QED) is 0.599. The van der Waals surface area contributed by atoms with Crippen molar-refractivity contribution in [1.29, 1.82) is 0 Å². The van der Waals surface area contributed by atoms with Crippen LogP contribution in [0.4, 0.5) is 0 Å². The minimum Gasteiger partial charge on any atom is -0.396 e. The van der Waals surface area contributed by atoms with E-state index in [1.54, 1.807) is 0 Å². The molecule has 3 atom stereocenters. The van der Waals surface area contributed by atoms with Crippen LogP contribution in [0, 0.1) is 5.92 Å². The Morgan fingerprint density at radius 1 is 1.30 bits per heavy atom. The molecule has 60 valence electrons. The lowest BCUT2D eigenvalue weighted by atomic mass is 9.94. The monoisotopic (exact) mass is 144 g/mol. The maximum absolute atomic E-state index is 8.87. The number of ether oxygens (including phenoxy) is 1. The SMILES string of the molecule is C[C@@H]1C[C@H](CO)C[C@H](C)O1. The van der Waals surface area contributed by atoms with Gasteiger partial charge in [0.05, 0.1) is 12.2 Å². The predicted octanol–water partition coefficient (Wildman–Crippen LogP) is 1.18. The summed E-state index contributed by atoms with van der Waals surface area (Å²) in [5, 5.41) is 8.87. The van der Waals surface area contributed by atoms with Gasteiger partial charge in [-0.1, -0.05) is 0 Å². The van der Waals surface area contributed by atoms with Gasteiger partial charge < -0.3 is 9.84 Å². The first-order chi connectivity index (χ1) is 4.72. The van der Waals surface area contributed by atoms with E-state index >= 15 is 0 Å². The van der Waals surface area contributed by atoms with E-state index in [0.717, 1.165) is 12.8 Å². The number of aliphatic hydroxyl groups is 1. The molecule has 0 aliphatic carbocycles. The Morgan fingerprint density at radius 2 is 1.80 bits per heavy atom. The van der Waals surface area contributed by atoms with Gasteiger partial charge in [0.1, 0.15) is 0 Å². The second kappa shape index (κ2) is 3.35. The topological polar surface area (TPSA) is 29.5 Å². The summed E-state index contributed by atoms with van der Waals surface area (Å²) in [7, 11) is 0. The number of aliphatic hydroxyl groups excluding tert-OH is 1. The summed E-state index contributed by atoms with van der Waals surface area (Å²) in [4.78, 5) is 0. The molecule has 1 rings (SSSR count). The van der Waals surface area contributed by atoms with Crippen LogP contribution < -0.4 is 0 Å². The summed E-state index contributed by atoms with van der Waals surface area (Å²) in [6.45, 7) is 4.45. The molecule has 1 fully saturated rings. The van der Waals surface area contributed by atoms with Gasteiger partial charge in [0.15, 0.2) is 0 Å².